The number of rotatable bonds is 2. The molecule has 1 aromatic rings. The van der Waals surface area contributed by atoms with Crippen LogP contribution in [0.3, 0.4) is 0 Å². The van der Waals surface area contributed by atoms with Crippen molar-refractivity contribution < 1.29 is 14.4 Å². The van der Waals surface area contributed by atoms with Crippen molar-refractivity contribution in [2.45, 2.75) is 32.7 Å². The molecule has 1 atom stereocenters. The maximum Gasteiger partial charge on any atom is 0.275 e. The van der Waals surface area contributed by atoms with Gasteiger partial charge in [-0.3, -0.25) is 19.7 Å². The van der Waals surface area contributed by atoms with Crippen molar-refractivity contribution in [3.63, 3.8) is 0 Å². The molecule has 21 heavy (non-hydrogen) atoms. The van der Waals surface area contributed by atoms with Crippen LogP contribution in [0.25, 0.3) is 0 Å². The Morgan fingerprint density at radius 2 is 2.14 bits per heavy atom. The summed E-state index contributed by atoms with van der Waals surface area (Å²) in [5, 5.41) is 2.17. The Morgan fingerprint density at radius 1 is 1.48 bits per heavy atom. The summed E-state index contributed by atoms with van der Waals surface area (Å²) in [6, 6.07) is -0.757. The lowest BCUT2D eigenvalue weighted by Crippen LogP contribution is -2.58. The second kappa shape index (κ2) is 5.47. The van der Waals surface area contributed by atoms with Gasteiger partial charge in [-0.15, -0.1) is 0 Å². The number of nitrogens with two attached hydrogens (primary N) is 1. The zero-order chi connectivity index (χ0) is 15.7. The van der Waals surface area contributed by atoms with Gasteiger partial charge in [0.1, 0.15) is 18.4 Å². The molecule has 0 spiro atoms. The Kier molecular flexibility index (Phi) is 3.88. The SMILES string of the molecule is CC(C)c1ncc(N)c(C(=O)N2CC(=O)NC(=O)C2C)n1. The van der Waals surface area contributed by atoms with Gasteiger partial charge >= 0.3 is 0 Å². The number of amides is 3. The predicted octanol–water partition coefficient (Wildman–Crippen LogP) is -0.331. The Hall–Kier alpha value is -2.51. The Bertz CT molecular complexity index is 614. The lowest BCUT2D eigenvalue weighted by Gasteiger charge is -2.31. The summed E-state index contributed by atoms with van der Waals surface area (Å²) < 4.78 is 0. The summed E-state index contributed by atoms with van der Waals surface area (Å²) in [5.74, 6) is -1.08. The third kappa shape index (κ3) is 2.83. The van der Waals surface area contributed by atoms with Gasteiger partial charge in [-0.25, -0.2) is 9.97 Å². The first-order chi connectivity index (χ1) is 9.81. The highest BCUT2D eigenvalue weighted by Gasteiger charge is 2.35. The number of hydrogen-bond acceptors (Lipinski definition) is 6. The van der Waals surface area contributed by atoms with Crippen LogP contribution in [0.15, 0.2) is 6.20 Å². The van der Waals surface area contributed by atoms with Crippen molar-refractivity contribution in [1.82, 2.24) is 20.2 Å². The number of nitrogen functional groups attached to an aromatic ring is 1. The number of carbonyl (C=O) groups is 3. The summed E-state index contributed by atoms with van der Waals surface area (Å²) in [5.41, 5.74) is 5.89. The first kappa shape index (κ1) is 14.9. The van der Waals surface area contributed by atoms with E-state index in [-0.39, 0.29) is 23.8 Å². The predicted molar refractivity (Wildman–Crippen MR) is 74.2 cm³/mol. The molecule has 1 aliphatic heterocycles. The minimum absolute atomic E-state index is 0.0167. The largest absolute Gasteiger partial charge is 0.396 e. The Morgan fingerprint density at radius 3 is 2.76 bits per heavy atom. The lowest BCUT2D eigenvalue weighted by molar-refractivity contribution is -0.138. The van der Waals surface area contributed by atoms with E-state index in [4.69, 9.17) is 5.73 Å². The van der Waals surface area contributed by atoms with E-state index in [0.29, 0.717) is 5.82 Å². The van der Waals surface area contributed by atoms with E-state index in [1.807, 2.05) is 13.8 Å². The molecule has 3 N–H and O–H groups in total. The van der Waals surface area contributed by atoms with Gasteiger partial charge in [0.2, 0.25) is 11.8 Å². The molecule has 0 bridgehead atoms. The van der Waals surface area contributed by atoms with E-state index in [0.717, 1.165) is 4.90 Å². The molecule has 1 fully saturated rings. The van der Waals surface area contributed by atoms with E-state index in [9.17, 15) is 14.4 Å². The Labute approximate surface area is 121 Å². The van der Waals surface area contributed by atoms with E-state index in [1.54, 1.807) is 6.92 Å². The van der Waals surface area contributed by atoms with E-state index in [1.165, 1.54) is 6.20 Å². The monoisotopic (exact) mass is 291 g/mol. The van der Waals surface area contributed by atoms with Crippen molar-refractivity contribution >= 4 is 23.4 Å². The molecular formula is C13H17N5O3. The first-order valence-electron chi connectivity index (χ1n) is 6.58. The van der Waals surface area contributed by atoms with Crippen LogP contribution in [0.2, 0.25) is 0 Å². The molecule has 8 nitrogen and oxygen atoms in total. The number of carbonyl (C=O) groups excluding carboxylic acids is 3. The number of piperazine rings is 1. The fraction of sp³-hybridized carbons (Fsp3) is 0.462. The number of imide groups is 1. The Balaban J connectivity index is 2.37. The van der Waals surface area contributed by atoms with Crippen LogP contribution in [-0.2, 0) is 9.59 Å². The van der Waals surface area contributed by atoms with E-state index in [2.05, 4.69) is 15.3 Å². The van der Waals surface area contributed by atoms with Crippen LogP contribution in [0.4, 0.5) is 5.69 Å². The van der Waals surface area contributed by atoms with Crippen LogP contribution >= 0.6 is 0 Å². The average Bonchev–Trinajstić information content (AvgIpc) is 2.42. The van der Waals surface area contributed by atoms with Crippen LogP contribution < -0.4 is 11.1 Å². The average molecular weight is 291 g/mol. The molecule has 8 heteroatoms. The summed E-state index contributed by atoms with van der Waals surface area (Å²) in [4.78, 5) is 45.0. The molecule has 0 aromatic carbocycles. The highest BCUT2D eigenvalue weighted by molar-refractivity contribution is 6.07. The van der Waals surface area contributed by atoms with Gasteiger partial charge in [0.15, 0.2) is 5.69 Å². The molecule has 3 amide bonds. The second-order valence-corrected chi connectivity index (χ2v) is 5.21. The number of hydrogen-bond donors (Lipinski definition) is 2. The van der Waals surface area contributed by atoms with Gasteiger partial charge in [0.25, 0.3) is 5.91 Å². The third-order valence-electron chi connectivity index (χ3n) is 3.24. The fourth-order valence-corrected chi connectivity index (χ4v) is 1.95. The molecular weight excluding hydrogens is 274 g/mol. The van der Waals surface area contributed by atoms with Gasteiger partial charge in [0, 0.05) is 5.92 Å². The van der Waals surface area contributed by atoms with Crippen LogP contribution in [-0.4, -0.2) is 45.2 Å². The molecule has 1 saturated heterocycles. The standard InChI is InChI=1S/C13H17N5O3/c1-6(2)11-15-4-8(14)10(17-11)13(21)18-5-9(19)16-12(20)7(18)3/h4,6-7H,5,14H2,1-3H3,(H,16,19,20). The zero-order valence-electron chi connectivity index (χ0n) is 12.1. The molecule has 1 unspecified atom stereocenters. The third-order valence-corrected chi connectivity index (χ3v) is 3.24. The molecule has 0 aliphatic carbocycles. The van der Waals surface area contributed by atoms with Gasteiger partial charge in [-0.2, -0.15) is 0 Å². The van der Waals surface area contributed by atoms with Crippen LogP contribution in [0, 0.1) is 0 Å². The summed E-state index contributed by atoms with van der Waals surface area (Å²) in [6.07, 6.45) is 1.37. The minimum Gasteiger partial charge on any atom is -0.396 e. The van der Waals surface area contributed by atoms with Crippen molar-refractivity contribution in [3.8, 4) is 0 Å². The maximum absolute atomic E-state index is 12.5. The summed E-state index contributed by atoms with van der Waals surface area (Å²) in [6.45, 7) is 5.12. The van der Waals surface area contributed by atoms with Crippen molar-refractivity contribution in [2.75, 3.05) is 12.3 Å². The van der Waals surface area contributed by atoms with Crippen LogP contribution in [0.1, 0.15) is 43.0 Å². The normalized spacial score (nSPS) is 18.9. The quantitative estimate of drug-likeness (QED) is 0.720. The number of aromatic nitrogens is 2. The molecule has 112 valence electrons. The minimum atomic E-state index is -0.757. The molecule has 2 rings (SSSR count). The molecule has 0 saturated carbocycles. The zero-order valence-corrected chi connectivity index (χ0v) is 12.1. The molecule has 2 heterocycles. The molecule has 0 radical (unpaired) electrons. The lowest BCUT2D eigenvalue weighted by atomic mass is 10.1. The first-order valence-corrected chi connectivity index (χ1v) is 6.58. The van der Waals surface area contributed by atoms with E-state index < -0.39 is 23.8 Å². The highest BCUT2D eigenvalue weighted by Crippen LogP contribution is 2.17. The highest BCUT2D eigenvalue weighted by atomic mass is 16.2. The van der Waals surface area contributed by atoms with Crippen molar-refractivity contribution in [3.05, 3.63) is 17.7 Å². The maximum atomic E-state index is 12.5. The van der Waals surface area contributed by atoms with Gasteiger partial charge < -0.3 is 10.6 Å². The summed E-state index contributed by atoms with van der Waals surface area (Å²) >= 11 is 0. The van der Waals surface area contributed by atoms with E-state index >= 15 is 0 Å². The number of nitrogens with one attached hydrogen (secondary N) is 1. The smallest absolute Gasteiger partial charge is 0.275 e. The number of anilines is 1. The van der Waals surface area contributed by atoms with Crippen molar-refractivity contribution in [1.29, 1.82) is 0 Å². The van der Waals surface area contributed by atoms with Crippen molar-refractivity contribution in [2.24, 2.45) is 0 Å². The second-order valence-electron chi connectivity index (χ2n) is 5.21. The van der Waals surface area contributed by atoms with Gasteiger partial charge in [0.05, 0.1) is 11.9 Å². The van der Waals surface area contributed by atoms with Crippen LogP contribution in [0.5, 0.6) is 0 Å². The molecule has 1 aliphatic rings. The van der Waals surface area contributed by atoms with Gasteiger partial charge in [-0.1, -0.05) is 13.8 Å². The fourth-order valence-electron chi connectivity index (χ4n) is 1.95. The van der Waals surface area contributed by atoms with Gasteiger partial charge in [-0.05, 0) is 6.92 Å². The molecule has 1 aromatic heterocycles. The topological polar surface area (TPSA) is 118 Å². The summed E-state index contributed by atoms with van der Waals surface area (Å²) in [7, 11) is 0. The number of nitrogens with zero attached hydrogens (tertiary/aromatic N) is 3.